The molecule has 1 aliphatic carbocycles. The summed E-state index contributed by atoms with van der Waals surface area (Å²) in [5.74, 6) is 6.68. The molecular formula is C30H40N4O4S. The Balaban J connectivity index is 0.000000249. The van der Waals surface area contributed by atoms with Crippen molar-refractivity contribution in [2.75, 3.05) is 13.1 Å². The predicted octanol–water partition coefficient (Wildman–Crippen LogP) is 5.02. The van der Waals surface area contributed by atoms with Crippen LogP contribution in [0.3, 0.4) is 0 Å². The monoisotopic (exact) mass is 552 g/mol. The number of aldehydes is 1. The number of ether oxygens (including phenoxy) is 1. The molecule has 3 heterocycles. The number of nitriles is 1. The summed E-state index contributed by atoms with van der Waals surface area (Å²) in [5.41, 5.74) is 1.86. The first-order chi connectivity index (χ1) is 18.4. The summed E-state index contributed by atoms with van der Waals surface area (Å²) in [6.45, 7) is 15.9. The second kappa shape index (κ2) is 14.2. The molecule has 0 radical (unpaired) electrons. The fourth-order valence-electron chi connectivity index (χ4n) is 4.40. The van der Waals surface area contributed by atoms with Crippen LogP contribution in [0.2, 0.25) is 0 Å². The number of carbonyl (C=O) groups excluding carboxylic acids is 3. The zero-order chi connectivity index (χ0) is 29.2. The van der Waals surface area contributed by atoms with Crippen molar-refractivity contribution < 1.29 is 19.1 Å². The lowest BCUT2D eigenvalue weighted by Crippen LogP contribution is -2.33. The van der Waals surface area contributed by atoms with Gasteiger partial charge in [-0.15, -0.1) is 17.3 Å². The van der Waals surface area contributed by atoms with Crippen LogP contribution in [0.4, 0.5) is 0 Å². The molecule has 4 rings (SSSR count). The Hall–Kier alpha value is -3.27. The van der Waals surface area contributed by atoms with Crippen LogP contribution in [-0.4, -0.2) is 53.3 Å². The molecule has 2 amide bonds. The Morgan fingerprint density at radius 3 is 2.51 bits per heavy atom. The van der Waals surface area contributed by atoms with Crippen LogP contribution in [0.25, 0.3) is 10.1 Å². The van der Waals surface area contributed by atoms with Crippen molar-refractivity contribution in [2.45, 2.75) is 85.5 Å². The molecule has 9 heteroatoms. The molecule has 0 spiro atoms. The fourth-order valence-corrected chi connectivity index (χ4v) is 5.29. The second-order valence-corrected chi connectivity index (χ2v) is 11.9. The molecule has 2 aromatic rings. The highest BCUT2D eigenvalue weighted by atomic mass is 32.1. The molecular weight excluding hydrogens is 512 g/mol. The quantitative estimate of drug-likeness (QED) is 0.381. The van der Waals surface area contributed by atoms with E-state index in [9.17, 15) is 9.59 Å². The molecule has 2 aliphatic rings. The van der Waals surface area contributed by atoms with E-state index in [1.807, 2.05) is 23.3 Å². The molecule has 1 N–H and O–H groups in total. The zero-order valence-corrected chi connectivity index (χ0v) is 24.9. The van der Waals surface area contributed by atoms with Crippen molar-refractivity contribution in [3.05, 3.63) is 28.9 Å². The van der Waals surface area contributed by atoms with Crippen LogP contribution in [0, 0.1) is 34.5 Å². The minimum atomic E-state index is -0.703. The summed E-state index contributed by atoms with van der Waals surface area (Å²) in [5, 5.41) is 14.4. The van der Waals surface area contributed by atoms with Gasteiger partial charge in [-0.3, -0.25) is 14.6 Å². The molecule has 8 nitrogen and oxygen atoms in total. The first-order valence-corrected chi connectivity index (χ1v) is 14.1. The Labute approximate surface area is 236 Å². The molecule has 2 unspecified atom stereocenters. The van der Waals surface area contributed by atoms with Crippen molar-refractivity contribution in [2.24, 2.45) is 11.3 Å². The highest BCUT2D eigenvalue weighted by Gasteiger charge is 2.42. The first-order valence-electron chi connectivity index (χ1n) is 13.2. The smallest absolute Gasteiger partial charge is 0.225 e. The third kappa shape index (κ3) is 8.88. The molecule has 2 fully saturated rings. The number of nitrogens with one attached hydrogen (secondary N) is 1. The van der Waals surface area contributed by atoms with Gasteiger partial charge in [-0.2, -0.15) is 5.26 Å². The molecule has 1 saturated carbocycles. The van der Waals surface area contributed by atoms with Crippen molar-refractivity contribution in [1.82, 2.24) is 15.2 Å². The van der Waals surface area contributed by atoms with E-state index >= 15 is 0 Å². The number of rotatable bonds is 7. The van der Waals surface area contributed by atoms with Gasteiger partial charge in [-0.1, -0.05) is 26.7 Å². The standard InChI is InChI=1S/C15H27NO2.C13H9N3OS.C2H4O/c1-11-9-16(10-14(11,3)4)13(17)8-12(2)18-15(5)6-7-15;1-2-3-9-7-18-12-6-15-5-10(13(9)12)11(4-14)16-8-17;1-2-3/h11-12H,6-10H2,1-5H3;5-8,11H,1H3,(H,16,17);2H,1H3/t11?,12-;;/m1../s1. The summed E-state index contributed by atoms with van der Waals surface area (Å²) in [7, 11) is 0. The zero-order valence-electron chi connectivity index (χ0n) is 24.0. The first kappa shape index (κ1) is 31.9. The van der Waals surface area contributed by atoms with Gasteiger partial charge in [0.2, 0.25) is 12.3 Å². The maximum Gasteiger partial charge on any atom is 0.225 e. The molecule has 1 saturated heterocycles. The third-order valence-corrected chi connectivity index (χ3v) is 8.05. The molecule has 0 bridgehead atoms. The third-order valence-electron chi connectivity index (χ3n) is 7.13. The van der Waals surface area contributed by atoms with Crippen molar-refractivity contribution in [1.29, 1.82) is 5.26 Å². The van der Waals surface area contributed by atoms with Crippen LogP contribution in [0.1, 0.15) is 84.9 Å². The Morgan fingerprint density at radius 2 is 2.00 bits per heavy atom. The minimum Gasteiger partial charge on any atom is -0.372 e. The van der Waals surface area contributed by atoms with E-state index in [0.29, 0.717) is 24.3 Å². The number of likely N-dealkylation sites (tertiary alicyclic amines) is 1. The van der Waals surface area contributed by atoms with Crippen LogP contribution < -0.4 is 5.32 Å². The summed E-state index contributed by atoms with van der Waals surface area (Å²) < 4.78 is 6.87. The van der Waals surface area contributed by atoms with E-state index < -0.39 is 6.04 Å². The number of nitrogens with zero attached hydrogens (tertiary/aromatic N) is 3. The second-order valence-electron chi connectivity index (χ2n) is 11.0. The summed E-state index contributed by atoms with van der Waals surface area (Å²) in [6, 6.07) is 1.34. The van der Waals surface area contributed by atoms with Crippen molar-refractivity contribution in [3.8, 4) is 17.9 Å². The molecule has 210 valence electrons. The van der Waals surface area contributed by atoms with Crippen molar-refractivity contribution in [3.63, 3.8) is 0 Å². The fraction of sp³-hybridized carbons (Fsp3) is 0.567. The van der Waals surface area contributed by atoms with Gasteiger partial charge >= 0.3 is 0 Å². The van der Waals surface area contributed by atoms with E-state index in [1.165, 1.54) is 18.3 Å². The molecule has 1 aliphatic heterocycles. The average Bonchev–Trinajstić information content (AvgIpc) is 3.33. The number of hydrogen-bond donors (Lipinski definition) is 1. The maximum atomic E-state index is 12.2. The van der Waals surface area contributed by atoms with Gasteiger partial charge in [0.05, 0.1) is 28.9 Å². The number of fused-ring (bicyclic) bond motifs is 1. The van der Waals surface area contributed by atoms with Gasteiger partial charge in [0, 0.05) is 47.4 Å². The highest BCUT2D eigenvalue weighted by Crippen LogP contribution is 2.40. The number of amides is 2. The largest absolute Gasteiger partial charge is 0.372 e. The lowest BCUT2D eigenvalue weighted by Gasteiger charge is -2.23. The molecule has 0 aromatic carbocycles. The van der Waals surface area contributed by atoms with E-state index in [0.717, 1.165) is 47.9 Å². The van der Waals surface area contributed by atoms with Crippen LogP contribution >= 0.6 is 11.3 Å². The topological polar surface area (TPSA) is 112 Å². The van der Waals surface area contributed by atoms with Gasteiger partial charge < -0.3 is 19.7 Å². The lowest BCUT2D eigenvalue weighted by atomic mass is 9.84. The highest BCUT2D eigenvalue weighted by molar-refractivity contribution is 7.17. The molecule has 3 atom stereocenters. The number of carbonyl (C=O) groups is 3. The van der Waals surface area contributed by atoms with Crippen molar-refractivity contribution >= 4 is 40.0 Å². The van der Waals surface area contributed by atoms with Crippen LogP contribution in [-0.2, 0) is 19.1 Å². The summed E-state index contributed by atoms with van der Waals surface area (Å²) in [6.07, 6.45) is 7.45. The van der Waals surface area contributed by atoms with E-state index in [-0.39, 0.29) is 23.0 Å². The molecule has 2 aromatic heterocycles. The number of thiophene rings is 1. The Bertz CT molecular complexity index is 1250. The SMILES string of the molecule is CC#Cc1csc2cncc(C(C#N)NC=O)c12.CC1CN(C(=O)C[C@@H](C)OC2(C)CC2)CC1(C)C.CC=O. The number of hydrogen-bond acceptors (Lipinski definition) is 7. The summed E-state index contributed by atoms with van der Waals surface area (Å²) >= 11 is 1.52. The minimum absolute atomic E-state index is 0.0454. The van der Waals surface area contributed by atoms with Crippen LogP contribution in [0.5, 0.6) is 0 Å². The predicted molar refractivity (Wildman–Crippen MR) is 154 cm³/mol. The number of pyridine rings is 1. The van der Waals surface area contributed by atoms with Gasteiger partial charge in [-0.05, 0) is 51.9 Å². The van der Waals surface area contributed by atoms with Crippen LogP contribution in [0.15, 0.2) is 17.8 Å². The Morgan fingerprint density at radius 1 is 1.33 bits per heavy atom. The lowest BCUT2D eigenvalue weighted by molar-refractivity contribution is -0.134. The van der Waals surface area contributed by atoms with Gasteiger partial charge in [0.15, 0.2) is 0 Å². The number of aromatic nitrogens is 1. The van der Waals surface area contributed by atoms with Gasteiger partial charge in [0.1, 0.15) is 12.3 Å². The van der Waals surface area contributed by atoms with E-state index in [1.54, 1.807) is 19.3 Å². The maximum absolute atomic E-state index is 12.2. The normalized spacial score (nSPS) is 19.4. The Kier molecular flexibility index (Phi) is 11.6. The van der Waals surface area contributed by atoms with Gasteiger partial charge in [0.25, 0.3) is 0 Å². The summed E-state index contributed by atoms with van der Waals surface area (Å²) in [4.78, 5) is 37.7. The average molecular weight is 553 g/mol. The van der Waals surface area contributed by atoms with E-state index in [4.69, 9.17) is 14.8 Å². The van der Waals surface area contributed by atoms with Gasteiger partial charge in [-0.25, -0.2) is 0 Å². The molecule has 39 heavy (non-hydrogen) atoms. The van der Waals surface area contributed by atoms with E-state index in [2.05, 4.69) is 49.8 Å².